The first-order valence-corrected chi connectivity index (χ1v) is 7.17. The molecule has 0 spiro atoms. The number of nitrogens with two attached hydrogens (primary N) is 1. The van der Waals surface area contributed by atoms with Crippen molar-refractivity contribution in [2.45, 2.75) is 13.3 Å². The van der Waals surface area contributed by atoms with Crippen LogP contribution >= 0.6 is 0 Å². The largest absolute Gasteiger partial charge is 0.385 e. The lowest BCUT2D eigenvalue weighted by atomic mass is 10.3. The minimum atomic E-state index is -3.36. The number of pyridine rings is 1. The summed E-state index contributed by atoms with van der Waals surface area (Å²) in [6.07, 6.45) is 2.18. The molecule has 1 rings (SSSR count). The molecule has 0 saturated heterocycles. The van der Waals surface area contributed by atoms with E-state index in [9.17, 15) is 8.42 Å². The molecule has 7 heteroatoms. The molecule has 0 bridgehead atoms. The third-order valence-corrected chi connectivity index (χ3v) is 2.91. The van der Waals surface area contributed by atoms with E-state index in [1.807, 2.05) is 19.1 Å². The van der Waals surface area contributed by atoms with E-state index in [1.54, 1.807) is 6.20 Å². The van der Waals surface area contributed by atoms with Crippen LogP contribution in [0.1, 0.15) is 13.3 Å². The fourth-order valence-electron chi connectivity index (χ4n) is 1.32. The van der Waals surface area contributed by atoms with Gasteiger partial charge in [0.05, 0.1) is 5.75 Å². The molecule has 1 heterocycles. The van der Waals surface area contributed by atoms with Gasteiger partial charge in [-0.25, -0.2) is 18.5 Å². The van der Waals surface area contributed by atoms with Crippen LogP contribution in [0.15, 0.2) is 18.3 Å². The zero-order valence-corrected chi connectivity index (χ0v) is 10.6. The second-order valence-corrected chi connectivity index (χ2v) is 5.34. The van der Waals surface area contributed by atoms with Gasteiger partial charge in [-0.05, 0) is 19.4 Å². The molecule has 96 valence electrons. The fraction of sp³-hybridized carbons (Fsp3) is 0.500. The van der Waals surface area contributed by atoms with Crippen LogP contribution in [0.3, 0.4) is 0 Å². The van der Waals surface area contributed by atoms with Gasteiger partial charge in [0.25, 0.3) is 0 Å². The first-order chi connectivity index (χ1) is 8.01. The van der Waals surface area contributed by atoms with Crippen LogP contribution in [0.4, 0.5) is 11.5 Å². The summed E-state index contributed by atoms with van der Waals surface area (Å²) in [5.74, 6) is 0.787. The number of aromatic nitrogens is 1. The molecule has 0 amide bonds. The van der Waals surface area contributed by atoms with Crippen LogP contribution < -0.4 is 15.8 Å². The number of rotatable bonds is 7. The van der Waals surface area contributed by atoms with E-state index < -0.39 is 10.0 Å². The Morgan fingerprint density at radius 1 is 1.41 bits per heavy atom. The molecule has 4 N–H and O–H groups in total. The number of hydrogen-bond donors (Lipinski definition) is 3. The van der Waals surface area contributed by atoms with Gasteiger partial charge in [-0.3, -0.25) is 0 Å². The van der Waals surface area contributed by atoms with Crippen LogP contribution in [-0.4, -0.2) is 32.2 Å². The molecule has 0 aliphatic heterocycles. The molecule has 0 fully saturated rings. The van der Waals surface area contributed by atoms with Crippen molar-refractivity contribution < 1.29 is 8.42 Å². The SMILES string of the molecule is CCNc1cc(NCCCS(N)(=O)=O)ccn1. The van der Waals surface area contributed by atoms with Crippen LogP contribution in [0.2, 0.25) is 0 Å². The average molecular weight is 258 g/mol. The zero-order valence-electron chi connectivity index (χ0n) is 9.81. The van der Waals surface area contributed by atoms with Crippen molar-refractivity contribution in [3.63, 3.8) is 0 Å². The van der Waals surface area contributed by atoms with Gasteiger partial charge >= 0.3 is 0 Å². The topological polar surface area (TPSA) is 97.1 Å². The highest BCUT2D eigenvalue weighted by atomic mass is 32.2. The summed E-state index contributed by atoms with van der Waals surface area (Å²) in [6.45, 7) is 3.36. The Kier molecular flexibility index (Phi) is 5.17. The van der Waals surface area contributed by atoms with Crippen molar-refractivity contribution in [1.82, 2.24) is 4.98 Å². The number of nitrogens with one attached hydrogen (secondary N) is 2. The first-order valence-electron chi connectivity index (χ1n) is 5.45. The summed E-state index contributed by atoms with van der Waals surface area (Å²) in [7, 11) is -3.36. The predicted molar refractivity (Wildman–Crippen MR) is 69.5 cm³/mol. The van der Waals surface area contributed by atoms with Gasteiger partial charge in [0.2, 0.25) is 10.0 Å². The van der Waals surface area contributed by atoms with Gasteiger partial charge in [0.15, 0.2) is 0 Å². The van der Waals surface area contributed by atoms with E-state index in [0.29, 0.717) is 13.0 Å². The highest BCUT2D eigenvalue weighted by Crippen LogP contribution is 2.11. The summed E-state index contributed by atoms with van der Waals surface area (Å²) in [5, 5.41) is 11.1. The lowest BCUT2D eigenvalue weighted by Crippen LogP contribution is -2.18. The van der Waals surface area contributed by atoms with E-state index in [0.717, 1.165) is 18.1 Å². The summed E-state index contributed by atoms with van der Waals surface area (Å²) in [4.78, 5) is 4.13. The molecule has 17 heavy (non-hydrogen) atoms. The zero-order chi connectivity index (χ0) is 12.7. The molecule has 0 saturated carbocycles. The quantitative estimate of drug-likeness (QED) is 0.622. The lowest BCUT2D eigenvalue weighted by Gasteiger charge is -2.07. The molecule has 0 aliphatic carbocycles. The van der Waals surface area contributed by atoms with E-state index >= 15 is 0 Å². The van der Waals surface area contributed by atoms with Crippen molar-refractivity contribution in [2.75, 3.05) is 29.5 Å². The first kappa shape index (κ1) is 13.7. The van der Waals surface area contributed by atoms with Gasteiger partial charge in [-0.1, -0.05) is 0 Å². The third kappa shape index (κ3) is 6.08. The molecular weight excluding hydrogens is 240 g/mol. The minimum Gasteiger partial charge on any atom is -0.385 e. The Bertz CT molecular complexity index is 447. The standard InChI is InChI=1S/C10H18N4O2S/c1-2-12-10-8-9(4-6-14-10)13-5-3-7-17(11,15)16/h4,6,8H,2-3,5,7H2,1H3,(H2,11,15,16)(H2,12,13,14). The number of nitrogens with zero attached hydrogens (tertiary/aromatic N) is 1. The Balaban J connectivity index is 2.38. The summed E-state index contributed by atoms with van der Waals surface area (Å²) < 4.78 is 21.4. The van der Waals surface area contributed by atoms with E-state index in [2.05, 4.69) is 15.6 Å². The minimum absolute atomic E-state index is 0.00878. The average Bonchev–Trinajstić information content (AvgIpc) is 2.24. The van der Waals surface area contributed by atoms with Crippen LogP contribution in [-0.2, 0) is 10.0 Å². The Morgan fingerprint density at radius 2 is 2.18 bits per heavy atom. The molecule has 0 radical (unpaired) electrons. The summed E-state index contributed by atoms with van der Waals surface area (Å²) >= 11 is 0. The van der Waals surface area contributed by atoms with Crippen molar-refractivity contribution >= 4 is 21.5 Å². The number of sulfonamides is 1. The van der Waals surface area contributed by atoms with Gasteiger partial charge < -0.3 is 10.6 Å². The monoisotopic (exact) mass is 258 g/mol. The smallest absolute Gasteiger partial charge is 0.209 e. The summed E-state index contributed by atoms with van der Waals surface area (Å²) in [6, 6.07) is 3.71. The molecule has 0 unspecified atom stereocenters. The van der Waals surface area contributed by atoms with Crippen molar-refractivity contribution in [3.8, 4) is 0 Å². The molecule has 0 aliphatic rings. The Morgan fingerprint density at radius 3 is 2.82 bits per heavy atom. The van der Waals surface area contributed by atoms with Gasteiger partial charge in [0, 0.05) is 31.0 Å². The maximum absolute atomic E-state index is 10.7. The second-order valence-electron chi connectivity index (χ2n) is 3.61. The third-order valence-electron chi connectivity index (χ3n) is 2.05. The van der Waals surface area contributed by atoms with Crippen LogP contribution in [0.5, 0.6) is 0 Å². The van der Waals surface area contributed by atoms with Gasteiger partial charge in [-0.15, -0.1) is 0 Å². The molecular formula is C10H18N4O2S. The normalized spacial score (nSPS) is 11.2. The molecule has 6 nitrogen and oxygen atoms in total. The number of anilines is 2. The fourth-order valence-corrected chi connectivity index (χ4v) is 1.87. The van der Waals surface area contributed by atoms with Crippen molar-refractivity contribution in [2.24, 2.45) is 5.14 Å². The molecule has 0 atom stereocenters. The van der Waals surface area contributed by atoms with Crippen LogP contribution in [0, 0.1) is 0 Å². The van der Waals surface area contributed by atoms with Crippen molar-refractivity contribution in [1.29, 1.82) is 0 Å². The second kappa shape index (κ2) is 6.41. The molecule has 0 aromatic carbocycles. The lowest BCUT2D eigenvalue weighted by molar-refractivity contribution is 0.596. The van der Waals surface area contributed by atoms with E-state index in [4.69, 9.17) is 5.14 Å². The van der Waals surface area contributed by atoms with Gasteiger partial charge in [-0.2, -0.15) is 0 Å². The number of hydrogen-bond acceptors (Lipinski definition) is 5. The maximum Gasteiger partial charge on any atom is 0.209 e. The highest BCUT2D eigenvalue weighted by Gasteiger charge is 2.01. The molecule has 1 aromatic rings. The Hall–Kier alpha value is -1.34. The molecule has 1 aromatic heterocycles. The maximum atomic E-state index is 10.7. The van der Waals surface area contributed by atoms with Crippen molar-refractivity contribution in [3.05, 3.63) is 18.3 Å². The highest BCUT2D eigenvalue weighted by molar-refractivity contribution is 7.89. The predicted octanol–water partition coefficient (Wildman–Crippen LogP) is 0.604. The van der Waals surface area contributed by atoms with Crippen LogP contribution in [0.25, 0.3) is 0 Å². The number of primary sulfonamides is 1. The van der Waals surface area contributed by atoms with E-state index in [-0.39, 0.29) is 5.75 Å². The summed E-state index contributed by atoms with van der Waals surface area (Å²) in [5.41, 5.74) is 0.908. The Labute approximate surface area is 102 Å². The van der Waals surface area contributed by atoms with E-state index in [1.165, 1.54) is 0 Å². The van der Waals surface area contributed by atoms with Gasteiger partial charge in [0.1, 0.15) is 5.82 Å².